The number of carboxylic acid groups (broad SMARTS) is 1. The number of aliphatic carboxylic acids is 1. The van der Waals surface area contributed by atoms with Crippen LogP contribution in [0.1, 0.15) is 13.3 Å². The Morgan fingerprint density at radius 1 is 1.76 bits per heavy atom. The third-order valence-electron chi connectivity index (χ3n) is 2.79. The second-order valence-corrected chi connectivity index (χ2v) is 4.42. The van der Waals surface area contributed by atoms with E-state index in [-0.39, 0.29) is 17.7 Å². The summed E-state index contributed by atoms with van der Waals surface area (Å²) in [6.07, 6.45) is 1.26. The zero-order chi connectivity index (χ0) is 13.2. The van der Waals surface area contributed by atoms with Crippen molar-refractivity contribution in [3.63, 3.8) is 0 Å². The number of methoxy groups -OCH3 is 1. The molecule has 1 rings (SSSR count). The van der Waals surface area contributed by atoms with Gasteiger partial charge in [0.1, 0.15) is 0 Å². The highest BCUT2D eigenvalue weighted by atomic mass is 79.9. The summed E-state index contributed by atoms with van der Waals surface area (Å²) in [4.78, 5) is 21.3. The van der Waals surface area contributed by atoms with Crippen molar-refractivity contribution in [3.05, 3.63) is 33.0 Å². The summed E-state index contributed by atoms with van der Waals surface area (Å²) in [6.45, 7) is 1.57. The van der Waals surface area contributed by atoms with Gasteiger partial charge in [-0.05, 0) is 12.5 Å². The Bertz CT molecular complexity index is 428. The minimum Gasteiger partial charge on any atom is -0.478 e. The van der Waals surface area contributed by atoms with E-state index in [0.717, 1.165) is 6.08 Å². The topological polar surface area (TPSA) is 89.7 Å². The molecule has 6 nitrogen and oxygen atoms in total. The molecular weight excluding hydrogens is 294 g/mol. The number of rotatable bonds is 4. The minimum absolute atomic E-state index is 0.0388. The van der Waals surface area contributed by atoms with E-state index in [0.29, 0.717) is 10.9 Å². The van der Waals surface area contributed by atoms with Crippen molar-refractivity contribution >= 4 is 21.9 Å². The first-order chi connectivity index (χ1) is 7.85. The van der Waals surface area contributed by atoms with Crippen molar-refractivity contribution < 1.29 is 19.6 Å². The normalized spacial score (nSPS) is 24.5. The van der Waals surface area contributed by atoms with Gasteiger partial charge in [0, 0.05) is 24.9 Å². The Hall–Kier alpha value is -1.21. The van der Waals surface area contributed by atoms with E-state index in [9.17, 15) is 14.9 Å². The Labute approximate surface area is 106 Å². The van der Waals surface area contributed by atoms with Crippen molar-refractivity contribution in [3.8, 4) is 0 Å². The Balaban J connectivity index is 3.35. The molecule has 0 bridgehead atoms. The lowest BCUT2D eigenvalue weighted by Crippen LogP contribution is -2.37. The Morgan fingerprint density at radius 3 is 2.71 bits per heavy atom. The SMILES string of the molecule is COC1(C)CC(CBr)=C(C(=O)O)C=C1[N+](=O)[O-]. The van der Waals surface area contributed by atoms with Gasteiger partial charge in [-0.25, -0.2) is 4.79 Å². The van der Waals surface area contributed by atoms with Crippen LogP contribution in [0.2, 0.25) is 0 Å². The molecule has 0 heterocycles. The molecule has 7 heteroatoms. The number of nitro groups is 1. The van der Waals surface area contributed by atoms with E-state index >= 15 is 0 Å². The molecule has 1 N–H and O–H groups in total. The van der Waals surface area contributed by atoms with E-state index in [1.54, 1.807) is 6.92 Å². The predicted molar refractivity (Wildman–Crippen MR) is 63.6 cm³/mol. The molecule has 0 aromatic rings. The van der Waals surface area contributed by atoms with Crippen LogP contribution in [0.5, 0.6) is 0 Å². The summed E-state index contributed by atoms with van der Waals surface area (Å²) in [5, 5.41) is 20.3. The van der Waals surface area contributed by atoms with Crippen molar-refractivity contribution in [2.24, 2.45) is 0 Å². The van der Waals surface area contributed by atoms with Gasteiger partial charge in [-0.1, -0.05) is 15.9 Å². The van der Waals surface area contributed by atoms with Gasteiger partial charge in [-0.3, -0.25) is 10.1 Å². The molecule has 0 saturated carbocycles. The highest BCUT2D eigenvalue weighted by molar-refractivity contribution is 9.09. The van der Waals surface area contributed by atoms with Crippen LogP contribution in [0.15, 0.2) is 22.9 Å². The fourth-order valence-corrected chi connectivity index (χ4v) is 2.24. The van der Waals surface area contributed by atoms with Crippen LogP contribution in [-0.2, 0) is 9.53 Å². The van der Waals surface area contributed by atoms with Gasteiger partial charge < -0.3 is 9.84 Å². The van der Waals surface area contributed by atoms with E-state index in [4.69, 9.17) is 9.84 Å². The van der Waals surface area contributed by atoms with Crippen molar-refractivity contribution in [2.75, 3.05) is 12.4 Å². The molecular formula is C10H12BrNO5. The maximum atomic E-state index is 11.0. The van der Waals surface area contributed by atoms with Crippen LogP contribution in [0.25, 0.3) is 0 Å². The maximum absolute atomic E-state index is 11.0. The summed E-state index contributed by atoms with van der Waals surface area (Å²) >= 11 is 3.18. The van der Waals surface area contributed by atoms with Gasteiger partial charge in [0.05, 0.1) is 10.5 Å². The van der Waals surface area contributed by atoms with E-state index in [2.05, 4.69) is 15.9 Å². The van der Waals surface area contributed by atoms with E-state index in [1.165, 1.54) is 7.11 Å². The average Bonchev–Trinajstić information content (AvgIpc) is 2.27. The number of hydrogen-bond donors (Lipinski definition) is 1. The van der Waals surface area contributed by atoms with Crippen LogP contribution in [0.3, 0.4) is 0 Å². The molecule has 0 radical (unpaired) electrons. The first-order valence-electron chi connectivity index (χ1n) is 4.78. The molecule has 1 unspecified atom stereocenters. The molecule has 0 aliphatic heterocycles. The van der Waals surface area contributed by atoms with Crippen molar-refractivity contribution in [2.45, 2.75) is 18.9 Å². The molecule has 94 valence electrons. The second kappa shape index (κ2) is 4.97. The summed E-state index contributed by atoms with van der Waals surface area (Å²) in [7, 11) is 1.37. The Morgan fingerprint density at radius 2 is 2.35 bits per heavy atom. The van der Waals surface area contributed by atoms with Crippen molar-refractivity contribution in [1.82, 2.24) is 0 Å². The first kappa shape index (κ1) is 13.9. The molecule has 0 aromatic heterocycles. The number of halogens is 1. The summed E-state index contributed by atoms with van der Waals surface area (Å²) in [6, 6.07) is 0. The van der Waals surface area contributed by atoms with Gasteiger partial charge in [-0.15, -0.1) is 0 Å². The molecule has 0 aromatic carbocycles. The Kier molecular flexibility index (Phi) is 4.05. The number of carbonyl (C=O) groups is 1. The van der Waals surface area contributed by atoms with E-state index in [1.807, 2.05) is 0 Å². The van der Waals surface area contributed by atoms with Gasteiger partial charge >= 0.3 is 5.97 Å². The monoisotopic (exact) mass is 305 g/mol. The van der Waals surface area contributed by atoms with Crippen LogP contribution < -0.4 is 0 Å². The first-order valence-corrected chi connectivity index (χ1v) is 5.91. The van der Waals surface area contributed by atoms with Crippen LogP contribution >= 0.6 is 15.9 Å². The van der Waals surface area contributed by atoms with Gasteiger partial charge in [-0.2, -0.15) is 0 Å². The lowest BCUT2D eigenvalue weighted by atomic mass is 9.85. The number of hydrogen-bond acceptors (Lipinski definition) is 4. The molecule has 1 atom stereocenters. The molecule has 0 spiro atoms. The zero-order valence-electron chi connectivity index (χ0n) is 9.40. The number of ether oxygens (including phenoxy) is 1. The van der Waals surface area contributed by atoms with Gasteiger partial charge in [0.2, 0.25) is 0 Å². The molecule has 0 fully saturated rings. The van der Waals surface area contributed by atoms with Crippen LogP contribution in [0, 0.1) is 10.1 Å². The lowest BCUT2D eigenvalue weighted by Gasteiger charge is -2.29. The largest absolute Gasteiger partial charge is 0.478 e. The lowest BCUT2D eigenvalue weighted by molar-refractivity contribution is -0.444. The molecule has 17 heavy (non-hydrogen) atoms. The standard InChI is InChI=1S/C10H12BrNO5/c1-10(17-2)4-6(5-11)7(9(13)14)3-8(10)12(15)16/h3H,4-5H2,1-2H3,(H,13,14). The summed E-state index contributed by atoms with van der Waals surface area (Å²) in [5.74, 6) is -1.17. The smallest absolute Gasteiger partial charge is 0.335 e. The average molecular weight is 306 g/mol. The molecule has 1 aliphatic carbocycles. The molecule has 0 saturated heterocycles. The van der Waals surface area contributed by atoms with Crippen LogP contribution in [0.4, 0.5) is 0 Å². The maximum Gasteiger partial charge on any atom is 0.335 e. The molecule has 1 aliphatic rings. The fraction of sp³-hybridized carbons (Fsp3) is 0.500. The second-order valence-electron chi connectivity index (χ2n) is 3.85. The van der Waals surface area contributed by atoms with Crippen molar-refractivity contribution in [1.29, 1.82) is 0 Å². The summed E-state index contributed by atoms with van der Waals surface area (Å²) < 4.78 is 5.15. The quantitative estimate of drug-likeness (QED) is 0.485. The van der Waals surface area contributed by atoms with Gasteiger partial charge in [0.15, 0.2) is 5.60 Å². The highest BCUT2D eigenvalue weighted by Crippen LogP contribution is 2.36. The number of nitrogens with zero attached hydrogens (tertiary/aromatic N) is 1. The summed E-state index contributed by atoms with van der Waals surface area (Å²) in [5.41, 5.74) is -0.788. The fourth-order valence-electron chi connectivity index (χ4n) is 1.74. The number of alkyl halides is 1. The highest BCUT2D eigenvalue weighted by Gasteiger charge is 2.43. The zero-order valence-corrected chi connectivity index (χ0v) is 11.0. The number of carboxylic acids is 1. The minimum atomic E-state index is -1.17. The third-order valence-corrected chi connectivity index (χ3v) is 3.47. The van der Waals surface area contributed by atoms with Crippen LogP contribution in [-0.4, -0.2) is 34.0 Å². The predicted octanol–water partition coefficient (Wildman–Crippen LogP) is 1.73. The van der Waals surface area contributed by atoms with Gasteiger partial charge in [0.25, 0.3) is 5.70 Å². The third kappa shape index (κ3) is 2.55. The molecule has 0 amide bonds. The van der Waals surface area contributed by atoms with E-state index < -0.39 is 16.5 Å².